The second kappa shape index (κ2) is 7.12. The molecule has 19 heavy (non-hydrogen) atoms. The maximum absolute atomic E-state index is 5.95. The summed E-state index contributed by atoms with van der Waals surface area (Å²) in [6.45, 7) is 4.22. The normalized spacial score (nSPS) is 10.4. The number of benzene rings is 1. The van der Waals surface area contributed by atoms with Crippen LogP contribution in [0.3, 0.4) is 0 Å². The molecule has 1 aromatic carbocycles. The minimum Gasteiger partial charge on any atom is -0.473 e. The standard InChI is InChI=1S/C15H17ClN2O/c1-2-17-10-13-6-4-8-18-15(13)19-11-12-5-3-7-14(16)9-12/h3-9,17H,2,10-11H2,1H3. The van der Waals surface area contributed by atoms with Crippen molar-refractivity contribution in [3.63, 3.8) is 0 Å². The summed E-state index contributed by atoms with van der Waals surface area (Å²) >= 11 is 5.95. The molecule has 1 N–H and O–H groups in total. The lowest BCUT2D eigenvalue weighted by atomic mass is 10.2. The molecule has 0 aliphatic heterocycles. The topological polar surface area (TPSA) is 34.2 Å². The highest BCUT2D eigenvalue weighted by Crippen LogP contribution is 2.17. The van der Waals surface area contributed by atoms with E-state index in [1.807, 2.05) is 36.4 Å². The molecule has 2 rings (SSSR count). The van der Waals surface area contributed by atoms with Crippen molar-refractivity contribution < 1.29 is 4.74 Å². The number of ether oxygens (including phenoxy) is 1. The van der Waals surface area contributed by atoms with E-state index >= 15 is 0 Å². The van der Waals surface area contributed by atoms with E-state index in [-0.39, 0.29) is 0 Å². The lowest BCUT2D eigenvalue weighted by Gasteiger charge is -2.10. The van der Waals surface area contributed by atoms with Gasteiger partial charge in [-0.2, -0.15) is 0 Å². The van der Waals surface area contributed by atoms with Gasteiger partial charge in [-0.15, -0.1) is 0 Å². The molecule has 0 fully saturated rings. The van der Waals surface area contributed by atoms with E-state index in [2.05, 4.69) is 17.2 Å². The van der Waals surface area contributed by atoms with Crippen molar-refractivity contribution >= 4 is 11.6 Å². The summed E-state index contributed by atoms with van der Waals surface area (Å²) in [5, 5.41) is 3.99. The van der Waals surface area contributed by atoms with Crippen LogP contribution in [-0.2, 0) is 13.2 Å². The van der Waals surface area contributed by atoms with Gasteiger partial charge in [0.1, 0.15) is 6.61 Å². The van der Waals surface area contributed by atoms with Gasteiger partial charge < -0.3 is 10.1 Å². The molecule has 100 valence electrons. The third-order valence-corrected chi connectivity index (χ3v) is 2.92. The van der Waals surface area contributed by atoms with Gasteiger partial charge in [0.25, 0.3) is 0 Å². The molecule has 0 atom stereocenters. The molecular weight excluding hydrogens is 260 g/mol. The first kappa shape index (κ1) is 13.8. The largest absolute Gasteiger partial charge is 0.473 e. The zero-order valence-electron chi connectivity index (χ0n) is 10.9. The fraction of sp³-hybridized carbons (Fsp3) is 0.267. The van der Waals surface area contributed by atoms with E-state index in [9.17, 15) is 0 Å². The van der Waals surface area contributed by atoms with Gasteiger partial charge in [-0.25, -0.2) is 4.98 Å². The second-order valence-electron chi connectivity index (χ2n) is 4.17. The van der Waals surface area contributed by atoms with Gasteiger partial charge in [0.2, 0.25) is 5.88 Å². The first-order valence-electron chi connectivity index (χ1n) is 6.31. The molecule has 3 nitrogen and oxygen atoms in total. The molecule has 0 spiro atoms. The third-order valence-electron chi connectivity index (χ3n) is 2.68. The van der Waals surface area contributed by atoms with E-state index in [0.29, 0.717) is 12.5 Å². The van der Waals surface area contributed by atoms with Crippen LogP contribution < -0.4 is 10.1 Å². The number of nitrogens with zero attached hydrogens (tertiary/aromatic N) is 1. The fourth-order valence-corrected chi connectivity index (χ4v) is 1.94. The number of aromatic nitrogens is 1. The van der Waals surface area contributed by atoms with Crippen LogP contribution in [0.1, 0.15) is 18.1 Å². The van der Waals surface area contributed by atoms with Crippen LogP contribution in [0.2, 0.25) is 5.02 Å². The molecule has 1 aromatic heterocycles. The van der Waals surface area contributed by atoms with Gasteiger partial charge >= 0.3 is 0 Å². The third kappa shape index (κ3) is 4.23. The van der Waals surface area contributed by atoms with Crippen LogP contribution in [0.15, 0.2) is 42.6 Å². The zero-order chi connectivity index (χ0) is 13.5. The molecule has 0 aliphatic carbocycles. The van der Waals surface area contributed by atoms with E-state index in [0.717, 1.165) is 29.2 Å². The van der Waals surface area contributed by atoms with Crippen LogP contribution >= 0.6 is 11.6 Å². The van der Waals surface area contributed by atoms with E-state index in [1.165, 1.54) is 0 Å². The number of pyridine rings is 1. The molecule has 0 unspecified atom stereocenters. The lowest BCUT2D eigenvalue weighted by Crippen LogP contribution is -2.13. The number of hydrogen-bond donors (Lipinski definition) is 1. The highest BCUT2D eigenvalue weighted by atomic mass is 35.5. The molecule has 0 aliphatic rings. The van der Waals surface area contributed by atoms with Gasteiger partial charge in [0, 0.05) is 23.3 Å². The maximum Gasteiger partial charge on any atom is 0.218 e. The Morgan fingerprint density at radius 3 is 2.95 bits per heavy atom. The average molecular weight is 277 g/mol. The summed E-state index contributed by atoms with van der Waals surface area (Å²) in [5.41, 5.74) is 2.10. The van der Waals surface area contributed by atoms with E-state index < -0.39 is 0 Å². The van der Waals surface area contributed by atoms with Crippen LogP contribution in [0.5, 0.6) is 5.88 Å². The molecule has 0 saturated carbocycles. The van der Waals surface area contributed by atoms with Gasteiger partial charge in [0.05, 0.1) is 0 Å². The number of halogens is 1. The van der Waals surface area contributed by atoms with Gasteiger partial charge in [-0.1, -0.05) is 36.7 Å². The first-order chi connectivity index (χ1) is 9.29. The molecule has 2 aromatic rings. The highest BCUT2D eigenvalue weighted by molar-refractivity contribution is 6.30. The van der Waals surface area contributed by atoms with Crippen LogP contribution in [-0.4, -0.2) is 11.5 Å². The van der Waals surface area contributed by atoms with Crippen LogP contribution in [0, 0.1) is 0 Å². The minimum absolute atomic E-state index is 0.469. The predicted octanol–water partition coefficient (Wildman–Crippen LogP) is 3.42. The Morgan fingerprint density at radius 1 is 1.26 bits per heavy atom. The lowest BCUT2D eigenvalue weighted by molar-refractivity contribution is 0.289. The van der Waals surface area contributed by atoms with Gasteiger partial charge in [0.15, 0.2) is 0 Å². The van der Waals surface area contributed by atoms with Crippen molar-refractivity contribution in [2.75, 3.05) is 6.54 Å². The van der Waals surface area contributed by atoms with Gasteiger partial charge in [-0.05, 0) is 30.3 Å². The quantitative estimate of drug-likeness (QED) is 0.878. The van der Waals surface area contributed by atoms with Crippen molar-refractivity contribution in [2.45, 2.75) is 20.1 Å². The molecule has 0 saturated heterocycles. The number of rotatable bonds is 6. The molecule has 0 bridgehead atoms. The van der Waals surface area contributed by atoms with Crippen molar-refractivity contribution in [2.24, 2.45) is 0 Å². The summed E-state index contributed by atoms with van der Waals surface area (Å²) in [6, 6.07) is 11.6. The van der Waals surface area contributed by atoms with Gasteiger partial charge in [-0.3, -0.25) is 0 Å². The summed E-state index contributed by atoms with van der Waals surface area (Å²) < 4.78 is 5.77. The summed E-state index contributed by atoms with van der Waals surface area (Å²) in [6.07, 6.45) is 1.74. The summed E-state index contributed by atoms with van der Waals surface area (Å²) in [4.78, 5) is 4.27. The minimum atomic E-state index is 0.469. The second-order valence-corrected chi connectivity index (χ2v) is 4.60. The van der Waals surface area contributed by atoms with E-state index in [1.54, 1.807) is 6.20 Å². The Bertz CT molecular complexity index is 531. The Kier molecular flexibility index (Phi) is 5.19. The van der Waals surface area contributed by atoms with Crippen LogP contribution in [0.25, 0.3) is 0 Å². The molecule has 1 heterocycles. The number of nitrogens with one attached hydrogen (secondary N) is 1. The Balaban J connectivity index is 2.02. The molecule has 0 amide bonds. The maximum atomic E-state index is 5.95. The zero-order valence-corrected chi connectivity index (χ0v) is 11.7. The fourth-order valence-electron chi connectivity index (χ4n) is 1.73. The number of hydrogen-bond acceptors (Lipinski definition) is 3. The van der Waals surface area contributed by atoms with Crippen molar-refractivity contribution in [1.82, 2.24) is 10.3 Å². The SMILES string of the molecule is CCNCc1cccnc1OCc1cccc(Cl)c1. The van der Waals surface area contributed by atoms with Crippen LogP contribution in [0.4, 0.5) is 0 Å². The monoisotopic (exact) mass is 276 g/mol. The van der Waals surface area contributed by atoms with E-state index in [4.69, 9.17) is 16.3 Å². The van der Waals surface area contributed by atoms with Crippen molar-refractivity contribution in [3.05, 3.63) is 58.7 Å². The molecule has 4 heteroatoms. The summed E-state index contributed by atoms with van der Waals surface area (Å²) in [7, 11) is 0. The first-order valence-corrected chi connectivity index (χ1v) is 6.69. The molecular formula is C15H17ClN2O. The van der Waals surface area contributed by atoms with Crippen molar-refractivity contribution in [1.29, 1.82) is 0 Å². The Morgan fingerprint density at radius 2 is 2.16 bits per heavy atom. The summed E-state index contributed by atoms with van der Waals surface area (Å²) in [5.74, 6) is 0.670. The Hall–Kier alpha value is -1.58. The average Bonchev–Trinajstić information content (AvgIpc) is 2.44. The predicted molar refractivity (Wildman–Crippen MR) is 77.4 cm³/mol. The molecule has 0 radical (unpaired) electrons. The van der Waals surface area contributed by atoms with Crippen molar-refractivity contribution in [3.8, 4) is 5.88 Å². The highest BCUT2D eigenvalue weighted by Gasteiger charge is 2.04. The Labute approximate surface area is 118 Å². The smallest absolute Gasteiger partial charge is 0.218 e.